The van der Waals surface area contributed by atoms with Crippen molar-refractivity contribution in [2.24, 2.45) is 7.05 Å². The number of benzene rings is 2. The third-order valence-corrected chi connectivity index (χ3v) is 4.72. The van der Waals surface area contributed by atoms with E-state index in [1.54, 1.807) is 6.20 Å². The molecule has 0 saturated heterocycles. The predicted molar refractivity (Wildman–Crippen MR) is 101 cm³/mol. The first kappa shape index (κ1) is 15.4. The molecule has 4 heteroatoms. The molecule has 0 fully saturated rings. The number of carbonyl (C=O) groups excluding carboxylic acids is 1. The first-order valence-electron chi connectivity index (χ1n) is 8.33. The fraction of sp³-hybridized carbons (Fsp3) is 0.143. The van der Waals surface area contributed by atoms with Gasteiger partial charge >= 0.3 is 0 Å². The number of hydrogen-bond acceptors (Lipinski definition) is 2. The number of hydrogen-bond donors (Lipinski definition) is 1. The van der Waals surface area contributed by atoms with Crippen LogP contribution in [-0.2, 0) is 7.05 Å². The van der Waals surface area contributed by atoms with Crippen LogP contribution in [0.3, 0.4) is 0 Å². The van der Waals surface area contributed by atoms with Crippen molar-refractivity contribution in [3.63, 3.8) is 0 Å². The van der Waals surface area contributed by atoms with Crippen molar-refractivity contribution < 1.29 is 4.79 Å². The number of rotatable bonds is 3. The predicted octanol–water partition coefficient (Wildman–Crippen LogP) is 4.22. The Morgan fingerprint density at radius 3 is 2.60 bits per heavy atom. The van der Waals surface area contributed by atoms with E-state index in [2.05, 4.69) is 14.9 Å². The van der Waals surface area contributed by atoms with Gasteiger partial charge in [0.1, 0.15) is 0 Å². The number of pyridine rings is 1. The van der Waals surface area contributed by atoms with Gasteiger partial charge in [0.25, 0.3) is 5.91 Å². The van der Waals surface area contributed by atoms with Crippen molar-refractivity contribution in [2.75, 3.05) is 0 Å². The highest BCUT2D eigenvalue weighted by Gasteiger charge is 2.14. The molecule has 2 heterocycles. The summed E-state index contributed by atoms with van der Waals surface area (Å²) in [5.41, 5.74) is 3.84. The molecular weight excluding hydrogens is 310 g/mol. The minimum atomic E-state index is -0.0679. The van der Waals surface area contributed by atoms with Crippen molar-refractivity contribution in [3.8, 4) is 0 Å². The molecule has 124 valence electrons. The van der Waals surface area contributed by atoms with Gasteiger partial charge in [0.15, 0.2) is 0 Å². The molecule has 0 aliphatic rings. The number of aromatic nitrogens is 2. The van der Waals surface area contributed by atoms with Crippen LogP contribution in [0, 0.1) is 0 Å². The molecule has 4 rings (SSSR count). The van der Waals surface area contributed by atoms with E-state index in [9.17, 15) is 4.79 Å². The quantitative estimate of drug-likeness (QED) is 0.612. The van der Waals surface area contributed by atoms with Crippen molar-refractivity contribution in [1.29, 1.82) is 0 Å². The van der Waals surface area contributed by atoms with Gasteiger partial charge in [-0.05, 0) is 30.7 Å². The van der Waals surface area contributed by atoms with E-state index in [-0.39, 0.29) is 11.9 Å². The third-order valence-electron chi connectivity index (χ3n) is 4.72. The van der Waals surface area contributed by atoms with Gasteiger partial charge in [-0.1, -0.05) is 36.4 Å². The highest BCUT2D eigenvalue weighted by atomic mass is 16.1. The van der Waals surface area contributed by atoms with E-state index in [4.69, 9.17) is 0 Å². The number of aryl methyl sites for hydroxylation is 1. The molecule has 1 N–H and O–H groups in total. The van der Waals surface area contributed by atoms with E-state index in [0.29, 0.717) is 5.56 Å². The average molecular weight is 329 g/mol. The summed E-state index contributed by atoms with van der Waals surface area (Å²) >= 11 is 0. The molecule has 1 atom stereocenters. The van der Waals surface area contributed by atoms with Gasteiger partial charge in [-0.2, -0.15) is 0 Å². The van der Waals surface area contributed by atoms with Gasteiger partial charge in [-0.3, -0.25) is 9.78 Å². The summed E-state index contributed by atoms with van der Waals surface area (Å²) in [7, 11) is 2.00. The highest BCUT2D eigenvalue weighted by Crippen LogP contribution is 2.28. The van der Waals surface area contributed by atoms with Gasteiger partial charge in [0, 0.05) is 35.1 Å². The lowest BCUT2D eigenvalue weighted by atomic mass is 10.1. The molecular formula is C21H19N3O. The molecule has 4 aromatic rings. The van der Waals surface area contributed by atoms with Crippen LogP contribution in [0.5, 0.6) is 0 Å². The Kier molecular flexibility index (Phi) is 3.73. The van der Waals surface area contributed by atoms with Gasteiger partial charge < -0.3 is 9.88 Å². The van der Waals surface area contributed by atoms with Gasteiger partial charge in [-0.25, -0.2) is 0 Å². The van der Waals surface area contributed by atoms with Crippen LogP contribution in [0.25, 0.3) is 21.8 Å². The topological polar surface area (TPSA) is 46.9 Å². The molecule has 0 bridgehead atoms. The first-order valence-corrected chi connectivity index (χ1v) is 8.33. The Bertz CT molecular complexity index is 1070. The number of amides is 1. The Balaban J connectivity index is 1.68. The second kappa shape index (κ2) is 6.06. The maximum Gasteiger partial charge on any atom is 0.251 e. The molecule has 0 spiro atoms. The van der Waals surface area contributed by atoms with Crippen LogP contribution in [0.15, 0.2) is 67.0 Å². The molecule has 4 nitrogen and oxygen atoms in total. The summed E-state index contributed by atoms with van der Waals surface area (Å²) in [5.74, 6) is -0.0679. The van der Waals surface area contributed by atoms with Crippen LogP contribution < -0.4 is 5.32 Å². The fourth-order valence-corrected chi connectivity index (χ4v) is 3.29. The maximum atomic E-state index is 12.7. The van der Waals surface area contributed by atoms with Gasteiger partial charge in [-0.15, -0.1) is 0 Å². The molecule has 0 aliphatic carbocycles. The minimum absolute atomic E-state index is 0.0407. The lowest BCUT2D eigenvalue weighted by Crippen LogP contribution is -2.26. The Morgan fingerprint density at radius 1 is 1.04 bits per heavy atom. The standard InChI is InChI=1S/C21H19N3O/c1-14(15-6-4-3-5-7-15)23-21(25)16-8-9-17-18-10-11-22-13-20(18)24(2)19(17)12-16/h3-14H,1-2H3,(H,23,25). The SMILES string of the molecule is CC(NC(=O)c1ccc2c3ccncc3n(C)c2c1)c1ccccc1. The maximum absolute atomic E-state index is 12.7. The molecule has 0 aliphatic heterocycles. The average Bonchev–Trinajstić information content (AvgIpc) is 2.95. The fourth-order valence-electron chi connectivity index (χ4n) is 3.29. The first-order chi connectivity index (χ1) is 12.1. The summed E-state index contributed by atoms with van der Waals surface area (Å²) in [6.07, 6.45) is 3.65. The van der Waals surface area contributed by atoms with Gasteiger partial charge in [0.2, 0.25) is 0 Å². The van der Waals surface area contributed by atoms with Crippen LogP contribution >= 0.6 is 0 Å². The zero-order valence-corrected chi connectivity index (χ0v) is 14.2. The number of carbonyl (C=O) groups is 1. The Hall–Kier alpha value is -3.14. The molecule has 0 radical (unpaired) electrons. The Morgan fingerprint density at radius 2 is 1.80 bits per heavy atom. The highest BCUT2D eigenvalue weighted by molar-refractivity contribution is 6.09. The second-order valence-corrected chi connectivity index (χ2v) is 6.29. The van der Waals surface area contributed by atoms with Crippen molar-refractivity contribution in [1.82, 2.24) is 14.9 Å². The summed E-state index contributed by atoms with van der Waals surface area (Å²) in [4.78, 5) is 16.9. The van der Waals surface area contributed by atoms with Crippen molar-refractivity contribution >= 4 is 27.7 Å². The summed E-state index contributed by atoms with van der Waals surface area (Å²) in [5, 5.41) is 5.35. The van der Waals surface area contributed by atoms with E-state index in [1.165, 1.54) is 0 Å². The normalized spacial score (nSPS) is 12.4. The van der Waals surface area contributed by atoms with Crippen molar-refractivity contribution in [3.05, 3.63) is 78.1 Å². The molecule has 1 unspecified atom stereocenters. The monoisotopic (exact) mass is 329 g/mol. The number of nitrogens with zero attached hydrogens (tertiary/aromatic N) is 2. The lowest BCUT2D eigenvalue weighted by Gasteiger charge is -2.14. The summed E-state index contributed by atoms with van der Waals surface area (Å²) in [6.45, 7) is 1.99. The van der Waals surface area contributed by atoms with Crippen LogP contribution in [0.2, 0.25) is 0 Å². The molecule has 0 saturated carbocycles. The summed E-state index contributed by atoms with van der Waals surface area (Å²) in [6, 6.07) is 17.8. The van der Waals surface area contributed by atoms with E-state index < -0.39 is 0 Å². The van der Waals surface area contributed by atoms with Crippen LogP contribution in [-0.4, -0.2) is 15.5 Å². The summed E-state index contributed by atoms with van der Waals surface area (Å²) < 4.78 is 2.08. The molecule has 1 amide bonds. The molecule has 25 heavy (non-hydrogen) atoms. The number of nitrogens with one attached hydrogen (secondary N) is 1. The van der Waals surface area contributed by atoms with E-state index in [1.807, 2.05) is 74.8 Å². The van der Waals surface area contributed by atoms with E-state index >= 15 is 0 Å². The van der Waals surface area contributed by atoms with Gasteiger partial charge in [0.05, 0.1) is 17.8 Å². The van der Waals surface area contributed by atoms with Crippen LogP contribution in [0.4, 0.5) is 0 Å². The molecule has 2 aromatic heterocycles. The zero-order chi connectivity index (χ0) is 17.4. The smallest absolute Gasteiger partial charge is 0.251 e. The number of fused-ring (bicyclic) bond motifs is 3. The largest absolute Gasteiger partial charge is 0.346 e. The Labute approximate surface area is 146 Å². The van der Waals surface area contributed by atoms with Crippen LogP contribution in [0.1, 0.15) is 28.9 Å². The van der Waals surface area contributed by atoms with Crippen molar-refractivity contribution in [2.45, 2.75) is 13.0 Å². The molecule has 2 aromatic carbocycles. The second-order valence-electron chi connectivity index (χ2n) is 6.29. The minimum Gasteiger partial charge on any atom is -0.346 e. The van der Waals surface area contributed by atoms with E-state index in [0.717, 1.165) is 27.4 Å². The lowest BCUT2D eigenvalue weighted by molar-refractivity contribution is 0.0940. The third kappa shape index (κ3) is 2.66. The zero-order valence-electron chi connectivity index (χ0n) is 14.2.